The summed E-state index contributed by atoms with van der Waals surface area (Å²) in [7, 11) is 1.95. The van der Waals surface area contributed by atoms with E-state index in [1.54, 1.807) is 12.1 Å². The summed E-state index contributed by atoms with van der Waals surface area (Å²) in [4.78, 5) is 31.4. The molecule has 1 aliphatic carbocycles. The van der Waals surface area contributed by atoms with Crippen LogP contribution in [0.5, 0.6) is 0 Å². The molecule has 1 aromatic rings. The van der Waals surface area contributed by atoms with Gasteiger partial charge in [0.1, 0.15) is 5.82 Å². The minimum Gasteiger partial charge on any atom is -0.341 e. The Labute approximate surface area is 173 Å². The molecule has 1 atom stereocenters. The van der Waals surface area contributed by atoms with E-state index >= 15 is 0 Å². The highest BCUT2D eigenvalue weighted by atomic mass is 19.1. The second-order valence-corrected chi connectivity index (χ2v) is 8.28. The molecule has 7 heteroatoms. The first-order valence-corrected chi connectivity index (χ1v) is 10.7. The van der Waals surface area contributed by atoms with Crippen molar-refractivity contribution in [2.75, 3.05) is 45.1 Å². The highest BCUT2D eigenvalue weighted by Gasteiger charge is 2.31. The van der Waals surface area contributed by atoms with Crippen LogP contribution in [0.25, 0.3) is 0 Å². The Balaban J connectivity index is 1.42. The number of carbonyl (C=O) groups is 2. The number of amides is 2. The molecule has 1 aliphatic heterocycles. The molecule has 0 bridgehead atoms. The Morgan fingerprint density at radius 2 is 1.72 bits per heavy atom. The van der Waals surface area contributed by atoms with E-state index in [2.05, 4.69) is 15.1 Å². The monoisotopic (exact) mass is 404 g/mol. The molecule has 0 radical (unpaired) electrons. The molecule has 0 aromatic heterocycles. The van der Waals surface area contributed by atoms with Crippen LogP contribution in [-0.4, -0.2) is 78.4 Å². The largest absolute Gasteiger partial charge is 0.341 e. The maximum atomic E-state index is 13.0. The van der Waals surface area contributed by atoms with Crippen LogP contribution in [0.3, 0.4) is 0 Å². The summed E-state index contributed by atoms with van der Waals surface area (Å²) in [5, 5.41) is 2.80. The average molecular weight is 405 g/mol. The number of benzene rings is 1. The third-order valence-electron chi connectivity index (χ3n) is 6.28. The van der Waals surface area contributed by atoms with Crippen molar-refractivity contribution in [1.29, 1.82) is 0 Å². The van der Waals surface area contributed by atoms with Crippen LogP contribution in [0.15, 0.2) is 24.3 Å². The Morgan fingerprint density at radius 3 is 2.34 bits per heavy atom. The van der Waals surface area contributed by atoms with Gasteiger partial charge < -0.3 is 10.2 Å². The summed E-state index contributed by atoms with van der Waals surface area (Å²) in [6, 6.07) is 6.03. The maximum absolute atomic E-state index is 13.0. The summed E-state index contributed by atoms with van der Waals surface area (Å²) in [5.41, 5.74) is 0.597. The molecule has 6 nitrogen and oxygen atoms in total. The lowest BCUT2D eigenvalue weighted by Crippen LogP contribution is -2.56. The van der Waals surface area contributed by atoms with E-state index in [-0.39, 0.29) is 23.7 Å². The van der Waals surface area contributed by atoms with Gasteiger partial charge in [-0.05, 0) is 44.0 Å². The zero-order valence-corrected chi connectivity index (χ0v) is 17.6. The molecule has 29 heavy (non-hydrogen) atoms. The van der Waals surface area contributed by atoms with Crippen molar-refractivity contribution in [3.05, 3.63) is 30.1 Å². The van der Waals surface area contributed by atoms with Gasteiger partial charge in [-0.15, -0.1) is 0 Å². The zero-order valence-electron chi connectivity index (χ0n) is 17.6. The molecule has 0 unspecified atom stereocenters. The second kappa shape index (κ2) is 10.2. The van der Waals surface area contributed by atoms with Crippen molar-refractivity contribution in [1.82, 2.24) is 14.7 Å². The fourth-order valence-corrected chi connectivity index (χ4v) is 4.34. The Bertz CT molecular complexity index is 683. The number of piperazine rings is 1. The number of nitrogens with one attached hydrogen (secondary N) is 1. The zero-order chi connectivity index (χ0) is 20.8. The lowest BCUT2D eigenvalue weighted by atomic mass is 9.94. The van der Waals surface area contributed by atoms with Gasteiger partial charge in [-0.2, -0.15) is 0 Å². The summed E-state index contributed by atoms with van der Waals surface area (Å²) >= 11 is 0. The van der Waals surface area contributed by atoms with Gasteiger partial charge in [0.15, 0.2) is 0 Å². The van der Waals surface area contributed by atoms with Gasteiger partial charge in [0.25, 0.3) is 0 Å². The van der Waals surface area contributed by atoms with Gasteiger partial charge in [0, 0.05) is 45.0 Å². The number of rotatable bonds is 6. The van der Waals surface area contributed by atoms with E-state index in [1.807, 2.05) is 18.9 Å². The van der Waals surface area contributed by atoms with Crippen molar-refractivity contribution in [3.8, 4) is 0 Å². The van der Waals surface area contributed by atoms with Crippen molar-refractivity contribution in [2.24, 2.45) is 0 Å². The number of nitrogens with zero attached hydrogens (tertiary/aromatic N) is 3. The molecule has 1 saturated heterocycles. The standard InChI is InChI=1S/C22H33FN4O2/c1-17(22(29)25(2)20-6-4-3-5-7-20)27-14-12-26(13-15-27)16-21(28)24-19-10-8-18(23)9-11-19/h8-11,17,20H,3-7,12-16H2,1-2H3,(H,24,28)/t17-/m0/s1. The first-order valence-electron chi connectivity index (χ1n) is 10.7. The summed E-state index contributed by atoms with van der Waals surface area (Å²) in [5.74, 6) is -0.220. The number of carbonyl (C=O) groups excluding carboxylic acids is 2. The molecular weight excluding hydrogens is 371 g/mol. The highest BCUT2D eigenvalue weighted by Crippen LogP contribution is 2.23. The fraction of sp³-hybridized carbons (Fsp3) is 0.636. The number of hydrogen-bond donors (Lipinski definition) is 1. The molecule has 2 amide bonds. The van der Waals surface area contributed by atoms with Crippen molar-refractivity contribution in [3.63, 3.8) is 0 Å². The third-order valence-corrected chi connectivity index (χ3v) is 6.28. The molecule has 1 N–H and O–H groups in total. The highest BCUT2D eigenvalue weighted by molar-refractivity contribution is 5.92. The minimum atomic E-state index is -0.322. The molecule has 2 fully saturated rings. The molecule has 0 spiro atoms. The molecule has 1 saturated carbocycles. The smallest absolute Gasteiger partial charge is 0.239 e. The van der Waals surface area contributed by atoms with Crippen LogP contribution in [0, 0.1) is 5.82 Å². The number of hydrogen-bond acceptors (Lipinski definition) is 4. The molecule has 1 aromatic carbocycles. The molecule has 3 rings (SSSR count). The first kappa shape index (κ1) is 21.7. The lowest BCUT2D eigenvalue weighted by Gasteiger charge is -2.40. The Hall–Kier alpha value is -1.99. The van der Waals surface area contributed by atoms with Crippen LogP contribution in [0.4, 0.5) is 10.1 Å². The van der Waals surface area contributed by atoms with E-state index < -0.39 is 0 Å². The maximum Gasteiger partial charge on any atom is 0.239 e. The van der Waals surface area contributed by atoms with Crippen LogP contribution in [0.1, 0.15) is 39.0 Å². The van der Waals surface area contributed by atoms with E-state index in [9.17, 15) is 14.0 Å². The van der Waals surface area contributed by atoms with E-state index in [0.717, 1.165) is 39.0 Å². The second-order valence-electron chi connectivity index (χ2n) is 8.28. The van der Waals surface area contributed by atoms with Gasteiger partial charge in [-0.3, -0.25) is 19.4 Å². The Kier molecular flexibility index (Phi) is 7.61. The van der Waals surface area contributed by atoms with Crippen LogP contribution in [0.2, 0.25) is 0 Å². The van der Waals surface area contributed by atoms with Gasteiger partial charge in [0.2, 0.25) is 11.8 Å². The summed E-state index contributed by atoms with van der Waals surface area (Å²) < 4.78 is 13.0. The van der Waals surface area contributed by atoms with Crippen LogP contribution < -0.4 is 5.32 Å². The Morgan fingerprint density at radius 1 is 1.10 bits per heavy atom. The predicted octanol–water partition coefficient (Wildman–Crippen LogP) is 2.56. The first-order chi connectivity index (χ1) is 13.9. The molecular formula is C22H33FN4O2. The average Bonchev–Trinajstić information content (AvgIpc) is 2.75. The molecule has 1 heterocycles. The van der Waals surface area contributed by atoms with Crippen molar-refractivity contribution >= 4 is 17.5 Å². The topological polar surface area (TPSA) is 55.9 Å². The van der Waals surface area contributed by atoms with E-state index in [4.69, 9.17) is 0 Å². The third kappa shape index (κ3) is 6.00. The quantitative estimate of drug-likeness (QED) is 0.792. The van der Waals surface area contributed by atoms with Crippen molar-refractivity contribution in [2.45, 2.75) is 51.1 Å². The van der Waals surface area contributed by atoms with Crippen molar-refractivity contribution < 1.29 is 14.0 Å². The van der Waals surface area contributed by atoms with Gasteiger partial charge in [-0.25, -0.2) is 4.39 Å². The normalized spacial score (nSPS) is 20.2. The minimum absolute atomic E-state index is 0.105. The summed E-state index contributed by atoms with van der Waals surface area (Å²) in [6.07, 6.45) is 5.95. The van der Waals surface area contributed by atoms with E-state index in [1.165, 1.54) is 31.4 Å². The lowest BCUT2D eigenvalue weighted by molar-refractivity contribution is -0.138. The van der Waals surface area contributed by atoms with Crippen LogP contribution in [-0.2, 0) is 9.59 Å². The summed E-state index contributed by atoms with van der Waals surface area (Å²) in [6.45, 7) is 5.35. The number of likely N-dealkylation sites (N-methyl/N-ethyl adjacent to an activating group) is 1. The van der Waals surface area contributed by atoms with Gasteiger partial charge in [-0.1, -0.05) is 19.3 Å². The van der Waals surface area contributed by atoms with E-state index in [0.29, 0.717) is 18.3 Å². The van der Waals surface area contributed by atoms with Crippen LogP contribution >= 0.6 is 0 Å². The SMILES string of the molecule is C[C@@H](C(=O)N(C)C1CCCCC1)N1CCN(CC(=O)Nc2ccc(F)cc2)CC1. The number of halogens is 1. The van der Waals surface area contributed by atoms with Gasteiger partial charge in [0.05, 0.1) is 12.6 Å². The van der Waals surface area contributed by atoms with Gasteiger partial charge >= 0.3 is 0 Å². The fourth-order valence-electron chi connectivity index (χ4n) is 4.34. The molecule has 2 aliphatic rings. The molecule has 160 valence electrons. The predicted molar refractivity (Wildman–Crippen MR) is 112 cm³/mol. The number of anilines is 1.